The Morgan fingerprint density at radius 1 is 1.14 bits per heavy atom. The zero-order valence-electron chi connectivity index (χ0n) is 16.1. The number of nitrogens with zero attached hydrogens (tertiary/aromatic N) is 1. The SMILES string of the molecule is COC(=O)C1CCC(NSc2ccc(C#Cc3ccccc3)c([N+](=O)[O-])c2)CC1. The van der Waals surface area contributed by atoms with Gasteiger partial charge in [-0.25, -0.2) is 0 Å². The summed E-state index contributed by atoms with van der Waals surface area (Å²) < 4.78 is 8.17. The Morgan fingerprint density at radius 2 is 1.86 bits per heavy atom. The van der Waals surface area contributed by atoms with Crippen LogP contribution >= 0.6 is 11.9 Å². The molecule has 0 saturated heterocycles. The molecule has 7 heteroatoms. The minimum Gasteiger partial charge on any atom is -0.469 e. The second-order valence-electron chi connectivity index (χ2n) is 6.84. The van der Waals surface area contributed by atoms with E-state index in [2.05, 4.69) is 16.6 Å². The van der Waals surface area contributed by atoms with Gasteiger partial charge < -0.3 is 4.74 Å². The molecule has 6 nitrogen and oxygen atoms in total. The molecule has 150 valence electrons. The number of hydrogen-bond acceptors (Lipinski definition) is 6. The van der Waals surface area contributed by atoms with Crippen molar-refractivity contribution in [3.63, 3.8) is 0 Å². The van der Waals surface area contributed by atoms with Gasteiger partial charge in [0.05, 0.1) is 18.0 Å². The summed E-state index contributed by atoms with van der Waals surface area (Å²) in [7, 11) is 1.42. The molecule has 0 atom stereocenters. The van der Waals surface area contributed by atoms with Crippen LogP contribution in [-0.4, -0.2) is 24.0 Å². The molecule has 0 unspecified atom stereocenters. The lowest BCUT2D eigenvalue weighted by atomic mass is 9.86. The van der Waals surface area contributed by atoms with E-state index >= 15 is 0 Å². The summed E-state index contributed by atoms with van der Waals surface area (Å²) in [6.45, 7) is 0. The molecule has 1 fully saturated rings. The number of methoxy groups -OCH3 is 1. The van der Waals surface area contributed by atoms with E-state index in [0.717, 1.165) is 36.1 Å². The minimum absolute atomic E-state index is 0.00497. The Balaban J connectivity index is 1.63. The highest BCUT2D eigenvalue weighted by atomic mass is 32.2. The van der Waals surface area contributed by atoms with Crippen LogP contribution in [0.15, 0.2) is 53.4 Å². The molecule has 1 saturated carbocycles. The lowest BCUT2D eigenvalue weighted by Gasteiger charge is -2.27. The number of nitro groups is 1. The van der Waals surface area contributed by atoms with Gasteiger partial charge in [0, 0.05) is 22.6 Å². The number of nitrogens with one attached hydrogen (secondary N) is 1. The first-order valence-electron chi connectivity index (χ1n) is 9.42. The number of carbonyl (C=O) groups is 1. The number of esters is 1. The normalized spacial score (nSPS) is 18.4. The number of nitro benzene ring substituents is 1. The molecule has 2 aromatic carbocycles. The maximum Gasteiger partial charge on any atom is 0.308 e. The summed E-state index contributed by atoms with van der Waals surface area (Å²) in [5.41, 5.74) is 1.20. The lowest BCUT2D eigenvalue weighted by molar-refractivity contribution is -0.385. The molecule has 3 rings (SSSR count). The van der Waals surface area contributed by atoms with Gasteiger partial charge in [0.25, 0.3) is 5.69 Å². The van der Waals surface area contributed by atoms with E-state index in [1.165, 1.54) is 19.1 Å². The lowest BCUT2D eigenvalue weighted by Crippen LogP contribution is -2.31. The molecule has 29 heavy (non-hydrogen) atoms. The molecule has 1 aliphatic rings. The van der Waals surface area contributed by atoms with Gasteiger partial charge >= 0.3 is 5.97 Å². The third-order valence-corrected chi connectivity index (χ3v) is 5.83. The molecular formula is C22H22N2O4S. The standard InChI is InChI=1S/C22H22N2O4S/c1-28-22(25)18-9-12-19(13-10-18)23-29-20-14-11-17(21(15-20)24(26)27)8-7-16-5-3-2-4-6-16/h2-6,11,14-15,18-19,23H,9-10,12-13H2,1H3. The molecule has 0 amide bonds. The summed E-state index contributed by atoms with van der Waals surface area (Å²) in [5.74, 6) is 5.70. The largest absolute Gasteiger partial charge is 0.469 e. The first kappa shape index (κ1) is 20.9. The van der Waals surface area contributed by atoms with Crippen LogP contribution in [0, 0.1) is 27.9 Å². The molecule has 2 aromatic rings. The Kier molecular flexibility index (Phi) is 7.28. The predicted octanol–water partition coefficient (Wildman–Crippen LogP) is 4.32. The van der Waals surface area contributed by atoms with Gasteiger partial charge in [0.15, 0.2) is 0 Å². The topological polar surface area (TPSA) is 81.5 Å². The molecule has 0 aromatic heterocycles. The Bertz CT molecular complexity index is 929. The van der Waals surface area contributed by atoms with E-state index in [4.69, 9.17) is 4.74 Å². The van der Waals surface area contributed by atoms with Crippen molar-refractivity contribution in [3.8, 4) is 11.8 Å². The Morgan fingerprint density at radius 3 is 2.52 bits per heavy atom. The number of ether oxygens (including phenoxy) is 1. The van der Waals surface area contributed by atoms with Gasteiger partial charge in [0.1, 0.15) is 5.56 Å². The molecule has 0 radical (unpaired) electrons. The molecule has 1 aliphatic carbocycles. The van der Waals surface area contributed by atoms with Crippen LogP contribution in [0.1, 0.15) is 36.8 Å². The fraction of sp³-hybridized carbons (Fsp3) is 0.318. The van der Waals surface area contributed by atoms with Crippen molar-refractivity contribution in [2.45, 2.75) is 36.6 Å². The van der Waals surface area contributed by atoms with Crippen molar-refractivity contribution in [3.05, 3.63) is 69.8 Å². The Hall–Kier alpha value is -2.82. The smallest absolute Gasteiger partial charge is 0.308 e. The maximum absolute atomic E-state index is 11.6. The zero-order chi connectivity index (χ0) is 20.6. The van der Waals surface area contributed by atoms with Crippen molar-refractivity contribution < 1.29 is 14.5 Å². The van der Waals surface area contributed by atoms with E-state index in [1.807, 2.05) is 36.4 Å². The minimum atomic E-state index is -0.402. The quantitative estimate of drug-likeness (QED) is 0.260. The molecule has 0 spiro atoms. The van der Waals surface area contributed by atoms with E-state index in [9.17, 15) is 14.9 Å². The fourth-order valence-electron chi connectivity index (χ4n) is 3.26. The third kappa shape index (κ3) is 5.83. The van der Waals surface area contributed by atoms with E-state index in [-0.39, 0.29) is 23.6 Å². The number of hydrogen-bond donors (Lipinski definition) is 1. The summed E-state index contributed by atoms with van der Waals surface area (Å²) in [5, 5.41) is 11.5. The first-order chi connectivity index (χ1) is 14.1. The van der Waals surface area contributed by atoms with Gasteiger partial charge in [0.2, 0.25) is 0 Å². The monoisotopic (exact) mass is 410 g/mol. The van der Waals surface area contributed by atoms with Crippen LogP contribution in [0.5, 0.6) is 0 Å². The van der Waals surface area contributed by atoms with Gasteiger partial charge in [-0.05, 0) is 61.9 Å². The highest BCUT2D eigenvalue weighted by molar-refractivity contribution is 7.97. The number of benzene rings is 2. The van der Waals surface area contributed by atoms with E-state index in [1.54, 1.807) is 12.1 Å². The summed E-state index contributed by atoms with van der Waals surface area (Å²) in [4.78, 5) is 23.5. The highest BCUT2D eigenvalue weighted by Gasteiger charge is 2.27. The fourth-order valence-corrected chi connectivity index (χ4v) is 4.10. The zero-order valence-corrected chi connectivity index (χ0v) is 16.9. The van der Waals surface area contributed by atoms with Crippen molar-refractivity contribution in [1.82, 2.24) is 4.72 Å². The van der Waals surface area contributed by atoms with E-state index in [0.29, 0.717) is 5.56 Å². The van der Waals surface area contributed by atoms with Gasteiger partial charge in [-0.3, -0.25) is 19.6 Å². The number of rotatable bonds is 5. The Labute approximate surface area is 174 Å². The van der Waals surface area contributed by atoms with Gasteiger partial charge in [-0.2, -0.15) is 0 Å². The highest BCUT2D eigenvalue weighted by Crippen LogP contribution is 2.29. The van der Waals surface area contributed by atoms with Crippen LogP contribution < -0.4 is 4.72 Å². The summed E-state index contributed by atoms with van der Waals surface area (Å²) in [6.07, 6.45) is 3.32. The third-order valence-electron chi connectivity index (χ3n) is 4.89. The molecule has 0 bridgehead atoms. The average molecular weight is 410 g/mol. The summed E-state index contributed by atoms with van der Waals surface area (Å²) in [6, 6.07) is 14.7. The summed E-state index contributed by atoms with van der Waals surface area (Å²) >= 11 is 1.38. The van der Waals surface area contributed by atoms with Crippen LogP contribution in [0.3, 0.4) is 0 Å². The molecule has 1 N–H and O–H groups in total. The van der Waals surface area contributed by atoms with Crippen molar-refractivity contribution in [2.75, 3.05) is 7.11 Å². The van der Waals surface area contributed by atoms with Crippen LogP contribution in [0.4, 0.5) is 5.69 Å². The van der Waals surface area contributed by atoms with Crippen LogP contribution in [-0.2, 0) is 9.53 Å². The van der Waals surface area contributed by atoms with Crippen molar-refractivity contribution in [2.24, 2.45) is 5.92 Å². The second kappa shape index (κ2) is 10.1. The van der Waals surface area contributed by atoms with Gasteiger partial charge in [-0.1, -0.05) is 30.0 Å². The second-order valence-corrected chi connectivity index (χ2v) is 7.75. The van der Waals surface area contributed by atoms with Gasteiger partial charge in [-0.15, -0.1) is 0 Å². The molecular weight excluding hydrogens is 388 g/mol. The van der Waals surface area contributed by atoms with Crippen LogP contribution in [0.25, 0.3) is 0 Å². The van der Waals surface area contributed by atoms with Crippen LogP contribution in [0.2, 0.25) is 0 Å². The average Bonchev–Trinajstić information content (AvgIpc) is 2.77. The van der Waals surface area contributed by atoms with E-state index < -0.39 is 4.92 Å². The molecule has 0 heterocycles. The van der Waals surface area contributed by atoms with Crippen molar-refractivity contribution >= 4 is 23.6 Å². The number of carbonyl (C=O) groups excluding carboxylic acids is 1. The maximum atomic E-state index is 11.6. The van der Waals surface area contributed by atoms with Crippen molar-refractivity contribution in [1.29, 1.82) is 0 Å². The predicted molar refractivity (Wildman–Crippen MR) is 112 cm³/mol. The first-order valence-corrected chi connectivity index (χ1v) is 10.2. The molecule has 0 aliphatic heterocycles.